The Bertz CT molecular complexity index is 167. The molecule has 1 aliphatic rings. The van der Waals surface area contributed by atoms with Crippen LogP contribution in [0.2, 0.25) is 0 Å². The summed E-state index contributed by atoms with van der Waals surface area (Å²) in [4.78, 5) is 10.7. The van der Waals surface area contributed by atoms with Crippen LogP contribution < -0.4 is 0 Å². The Kier molecular flexibility index (Phi) is 2.73. The van der Waals surface area contributed by atoms with Crippen molar-refractivity contribution in [3.05, 3.63) is 0 Å². The Hall–Kier alpha value is -0.570. The van der Waals surface area contributed by atoms with Gasteiger partial charge in [-0.25, -0.2) is 0 Å². The molecule has 0 bridgehead atoms. The summed E-state index contributed by atoms with van der Waals surface area (Å²) in [5, 5.41) is 18.3. The third-order valence-corrected chi connectivity index (χ3v) is 2.83. The second kappa shape index (κ2) is 3.44. The highest BCUT2D eigenvalue weighted by atomic mass is 16.4. The second-order valence-electron chi connectivity index (χ2n) is 3.95. The monoisotopic (exact) mass is 172 g/mol. The largest absolute Gasteiger partial charge is 0.481 e. The van der Waals surface area contributed by atoms with Crippen LogP contribution in [0, 0.1) is 17.8 Å². The van der Waals surface area contributed by atoms with E-state index in [0.717, 1.165) is 0 Å². The predicted molar refractivity (Wildman–Crippen MR) is 44.7 cm³/mol. The zero-order valence-electron chi connectivity index (χ0n) is 7.53. The van der Waals surface area contributed by atoms with Crippen LogP contribution in [0.25, 0.3) is 0 Å². The number of aliphatic carboxylic acids is 1. The summed E-state index contributed by atoms with van der Waals surface area (Å²) in [7, 11) is 0. The van der Waals surface area contributed by atoms with Crippen molar-refractivity contribution in [1.29, 1.82) is 0 Å². The number of hydrogen-bond donors (Lipinski definition) is 2. The third-order valence-electron chi connectivity index (χ3n) is 2.83. The van der Waals surface area contributed by atoms with E-state index in [2.05, 4.69) is 0 Å². The van der Waals surface area contributed by atoms with Crippen molar-refractivity contribution >= 4 is 5.97 Å². The first-order valence-corrected chi connectivity index (χ1v) is 4.43. The molecular formula is C9H16O3. The molecule has 0 spiro atoms. The van der Waals surface area contributed by atoms with E-state index in [-0.39, 0.29) is 23.9 Å². The third kappa shape index (κ3) is 1.78. The molecule has 70 valence electrons. The summed E-state index contributed by atoms with van der Waals surface area (Å²) in [5.41, 5.74) is 0. The maximum atomic E-state index is 10.7. The van der Waals surface area contributed by atoms with Crippen molar-refractivity contribution in [1.82, 2.24) is 0 Å². The van der Waals surface area contributed by atoms with Crippen LogP contribution in [0.1, 0.15) is 26.7 Å². The van der Waals surface area contributed by atoms with E-state index < -0.39 is 5.97 Å². The number of carboxylic acid groups (broad SMARTS) is 1. The Morgan fingerprint density at radius 3 is 2.00 bits per heavy atom. The lowest BCUT2D eigenvalue weighted by Crippen LogP contribution is -2.36. The average Bonchev–Trinajstić information content (AvgIpc) is 1.99. The summed E-state index contributed by atoms with van der Waals surface area (Å²) in [6.07, 6.45) is 0.905. The fraction of sp³-hybridized carbons (Fsp3) is 0.889. The quantitative estimate of drug-likeness (QED) is 0.623. The first-order chi connectivity index (χ1) is 5.52. The second-order valence-corrected chi connectivity index (χ2v) is 3.95. The lowest BCUT2D eigenvalue weighted by molar-refractivity contribution is -0.145. The molecule has 0 heterocycles. The molecule has 1 fully saturated rings. The van der Waals surface area contributed by atoms with Gasteiger partial charge in [0.15, 0.2) is 0 Å². The summed E-state index contributed by atoms with van der Waals surface area (Å²) in [6, 6.07) is 0. The molecule has 1 rings (SSSR count). The number of carboxylic acids is 1. The molecule has 2 unspecified atom stereocenters. The molecule has 0 aromatic carbocycles. The van der Waals surface area contributed by atoms with Gasteiger partial charge in [-0.05, 0) is 24.7 Å². The molecule has 3 nitrogen and oxygen atoms in total. The van der Waals surface area contributed by atoms with Gasteiger partial charge in [0.05, 0.1) is 12.0 Å². The average molecular weight is 172 g/mol. The van der Waals surface area contributed by atoms with Gasteiger partial charge in [-0.2, -0.15) is 0 Å². The van der Waals surface area contributed by atoms with E-state index in [4.69, 9.17) is 5.11 Å². The normalized spacial score (nSPS) is 42.6. The molecule has 0 aromatic rings. The maximum Gasteiger partial charge on any atom is 0.306 e. The van der Waals surface area contributed by atoms with Crippen LogP contribution in [-0.2, 0) is 4.79 Å². The zero-order chi connectivity index (χ0) is 9.30. The van der Waals surface area contributed by atoms with E-state index in [9.17, 15) is 9.90 Å². The summed E-state index contributed by atoms with van der Waals surface area (Å²) < 4.78 is 0. The Morgan fingerprint density at radius 2 is 1.67 bits per heavy atom. The van der Waals surface area contributed by atoms with Gasteiger partial charge < -0.3 is 10.2 Å². The van der Waals surface area contributed by atoms with E-state index in [1.165, 1.54) is 0 Å². The first kappa shape index (κ1) is 9.52. The molecule has 12 heavy (non-hydrogen) atoms. The number of hydrogen-bond acceptors (Lipinski definition) is 2. The van der Waals surface area contributed by atoms with Crippen molar-refractivity contribution < 1.29 is 15.0 Å². The van der Waals surface area contributed by atoms with E-state index >= 15 is 0 Å². The minimum atomic E-state index is -0.722. The standard InChI is InChI=1S/C9H16O3/c1-5-3-7(9(11)12)4-6(2)8(5)10/h5-8,10H,3-4H2,1-2H3,(H,11,12). The van der Waals surface area contributed by atoms with E-state index in [0.29, 0.717) is 12.8 Å². The fourth-order valence-corrected chi connectivity index (χ4v) is 2.04. The molecule has 0 radical (unpaired) electrons. The van der Waals surface area contributed by atoms with Crippen LogP contribution in [0.4, 0.5) is 0 Å². The molecule has 0 amide bonds. The van der Waals surface area contributed by atoms with Crippen molar-refractivity contribution in [2.75, 3.05) is 0 Å². The van der Waals surface area contributed by atoms with Crippen molar-refractivity contribution in [3.8, 4) is 0 Å². The van der Waals surface area contributed by atoms with Gasteiger partial charge in [-0.3, -0.25) is 4.79 Å². The van der Waals surface area contributed by atoms with Crippen LogP contribution in [0.3, 0.4) is 0 Å². The lowest BCUT2D eigenvalue weighted by atomic mass is 9.75. The SMILES string of the molecule is CC1CC(C(=O)O)CC(C)C1O. The highest BCUT2D eigenvalue weighted by Crippen LogP contribution is 2.33. The topological polar surface area (TPSA) is 57.5 Å². The van der Waals surface area contributed by atoms with Crippen LogP contribution >= 0.6 is 0 Å². The molecule has 2 N–H and O–H groups in total. The van der Waals surface area contributed by atoms with Crippen molar-refractivity contribution in [3.63, 3.8) is 0 Å². The number of rotatable bonds is 1. The maximum absolute atomic E-state index is 10.7. The smallest absolute Gasteiger partial charge is 0.306 e. The molecule has 0 saturated heterocycles. The molecule has 1 aliphatic carbocycles. The Balaban J connectivity index is 2.59. The summed E-state index contributed by atoms with van der Waals surface area (Å²) in [5.74, 6) is -0.733. The van der Waals surface area contributed by atoms with Crippen molar-refractivity contribution in [2.24, 2.45) is 17.8 Å². The van der Waals surface area contributed by atoms with Gasteiger partial charge in [-0.15, -0.1) is 0 Å². The zero-order valence-corrected chi connectivity index (χ0v) is 7.53. The lowest BCUT2D eigenvalue weighted by Gasteiger charge is -2.33. The minimum absolute atomic E-state index is 0.120. The van der Waals surface area contributed by atoms with E-state index in [1.807, 2.05) is 13.8 Å². The Morgan fingerprint density at radius 1 is 1.25 bits per heavy atom. The molecule has 3 heteroatoms. The van der Waals surface area contributed by atoms with Gasteiger partial charge in [-0.1, -0.05) is 13.8 Å². The number of carbonyl (C=O) groups is 1. The molecule has 2 atom stereocenters. The Labute approximate surface area is 72.4 Å². The molecular weight excluding hydrogens is 156 g/mol. The van der Waals surface area contributed by atoms with Gasteiger partial charge in [0.25, 0.3) is 0 Å². The first-order valence-electron chi connectivity index (χ1n) is 4.43. The number of aliphatic hydroxyl groups excluding tert-OH is 1. The molecule has 0 aromatic heterocycles. The van der Waals surface area contributed by atoms with Gasteiger partial charge in [0.2, 0.25) is 0 Å². The van der Waals surface area contributed by atoms with Gasteiger partial charge in [0, 0.05) is 0 Å². The summed E-state index contributed by atoms with van der Waals surface area (Å²) >= 11 is 0. The van der Waals surface area contributed by atoms with Gasteiger partial charge >= 0.3 is 5.97 Å². The summed E-state index contributed by atoms with van der Waals surface area (Å²) in [6.45, 7) is 3.83. The van der Waals surface area contributed by atoms with Crippen LogP contribution in [0.5, 0.6) is 0 Å². The highest BCUT2D eigenvalue weighted by Gasteiger charge is 2.34. The number of aliphatic hydroxyl groups is 1. The highest BCUT2D eigenvalue weighted by molar-refractivity contribution is 5.70. The fourth-order valence-electron chi connectivity index (χ4n) is 2.04. The van der Waals surface area contributed by atoms with Crippen LogP contribution in [0.15, 0.2) is 0 Å². The van der Waals surface area contributed by atoms with Crippen LogP contribution in [-0.4, -0.2) is 22.3 Å². The van der Waals surface area contributed by atoms with Crippen molar-refractivity contribution in [2.45, 2.75) is 32.8 Å². The van der Waals surface area contributed by atoms with Gasteiger partial charge in [0.1, 0.15) is 0 Å². The minimum Gasteiger partial charge on any atom is -0.481 e. The van der Waals surface area contributed by atoms with E-state index in [1.54, 1.807) is 0 Å². The predicted octanol–water partition coefficient (Wildman–Crippen LogP) is 1.11. The molecule has 0 aliphatic heterocycles. The molecule has 1 saturated carbocycles.